The van der Waals surface area contributed by atoms with E-state index in [4.69, 9.17) is 11.6 Å². The van der Waals surface area contributed by atoms with E-state index in [1.165, 1.54) is 0 Å². The average molecular weight is 341 g/mol. The van der Waals surface area contributed by atoms with Crippen LogP contribution in [0.5, 0.6) is 0 Å². The summed E-state index contributed by atoms with van der Waals surface area (Å²) in [7, 11) is 0. The standard InChI is InChI=1S/C18H17ClN4O/c19-14-4-2-13(3-5-14)18(8-1-9-18)22-17(24)21-15-6-7-16-12(10-15)11-20-23-16/h2-7,10-11H,1,8-9H2,(H,20,23)(H2,21,22,24). The summed E-state index contributed by atoms with van der Waals surface area (Å²) in [6, 6.07) is 13.2. The van der Waals surface area contributed by atoms with Crippen LogP contribution >= 0.6 is 11.6 Å². The Morgan fingerprint density at radius 3 is 2.67 bits per heavy atom. The molecule has 1 aliphatic carbocycles. The molecule has 0 spiro atoms. The number of hydrogen-bond donors (Lipinski definition) is 3. The van der Waals surface area contributed by atoms with Crippen LogP contribution < -0.4 is 10.6 Å². The molecule has 1 aromatic heterocycles. The summed E-state index contributed by atoms with van der Waals surface area (Å²) in [5.41, 5.74) is 2.48. The number of halogens is 1. The van der Waals surface area contributed by atoms with Gasteiger partial charge < -0.3 is 10.6 Å². The number of benzene rings is 2. The van der Waals surface area contributed by atoms with E-state index in [-0.39, 0.29) is 11.6 Å². The predicted molar refractivity (Wildman–Crippen MR) is 95.2 cm³/mol. The largest absolute Gasteiger partial charge is 0.328 e. The van der Waals surface area contributed by atoms with Crippen molar-refractivity contribution in [3.8, 4) is 0 Å². The zero-order chi connectivity index (χ0) is 16.6. The van der Waals surface area contributed by atoms with Crippen LogP contribution in [-0.4, -0.2) is 16.2 Å². The van der Waals surface area contributed by atoms with Gasteiger partial charge in [0, 0.05) is 16.1 Å². The summed E-state index contributed by atoms with van der Waals surface area (Å²) in [6.07, 6.45) is 4.70. The first-order chi connectivity index (χ1) is 11.6. The molecular formula is C18H17ClN4O. The molecule has 2 aromatic carbocycles. The molecule has 0 saturated heterocycles. The molecule has 3 aromatic rings. The number of amides is 2. The number of aromatic nitrogens is 2. The Balaban J connectivity index is 1.50. The van der Waals surface area contributed by atoms with Crippen LogP contribution in [0.25, 0.3) is 10.9 Å². The average Bonchev–Trinajstić information content (AvgIpc) is 2.99. The Bertz CT molecular complexity index is 883. The quantitative estimate of drug-likeness (QED) is 0.660. The smallest absolute Gasteiger partial charge is 0.319 e. The second kappa shape index (κ2) is 5.83. The first-order valence-corrected chi connectivity index (χ1v) is 8.31. The molecule has 0 radical (unpaired) electrons. The summed E-state index contributed by atoms with van der Waals surface area (Å²) in [6.45, 7) is 0. The lowest BCUT2D eigenvalue weighted by Gasteiger charge is -2.43. The minimum atomic E-state index is -0.297. The molecule has 0 unspecified atom stereocenters. The first-order valence-electron chi connectivity index (χ1n) is 7.93. The Kier molecular flexibility index (Phi) is 3.65. The fourth-order valence-electron chi connectivity index (χ4n) is 3.19. The summed E-state index contributed by atoms with van der Waals surface area (Å²) < 4.78 is 0. The number of H-pyrrole nitrogens is 1. The molecule has 3 N–H and O–H groups in total. The molecule has 5 nitrogen and oxygen atoms in total. The van der Waals surface area contributed by atoms with Crippen LogP contribution in [0.4, 0.5) is 10.5 Å². The number of hydrogen-bond acceptors (Lipinski definition) is 2. The van der Waals surface area contributed by atoms with Gasteiger partial charge in [-0.15, -0.1) is 0 Å². The van der Waals surface area contributed by atoms with Crippen molar-refractivity contribution < 1.29 is 4.79 Å². The highest BCUT2D eigenvalue weighted by molar-refractivity contribution is 6.30. The molecule has 1 heterocycles. The molecule has 2 amide bonds. The minimum absolute atomic E-state index is 0.201. The Morgan fingerprint density at radius 1 is 1.17 bits per heavy atom. The third-order valence-corrected chi connectivity index (χ3v) is 4.91. The summed E-state index contributed by atoms with van der Waals surface area (Å²) >= 11 is 5.97. The number of nitrogens with zero attached hydrogens (tertiary/aromatic N) is 1. The van der Waals surface area contributed by atoms with E-state index in [1.54, 1.807) is 6.20 Å². The highest BCUT2D eigenvalue weighted by Gasteiger charge is 2.40. The van der Waals surface area contributed by atoms with Gasteiger partial charge in [0.05, 0.1) is 17.3 Å². The molecule has 24 heavy (non-hydrogen) atoms. The number of anilines is 1. The van der Waals surface area contributed by atoms with E-state index in [0.29, 0.717) is 5.02 Å². The van der Waals surface area contributed by atoms with Crippen molar-refractivity contribution in [3.05, 3.63) is 59.2 Å². The van der Waals surface area contributed by atoms with Gasteiger partial charge in [-0.25, -0.2) is 4.79 Å². The highest BCUT2D eigenvalue weighted by atomic mass is 35.5. The zero-order valence-electron chi connectivity index (χ0n) is 13.0. The van der Waals surface area contributed by atoms with E-state index in [1.807, 2.05) is 42.5 Å². The number of carbonyl (C=O) groups excluding carboxylic acids is 1. The van der Waals surface area contributed by atoms with E-state index in [9.17, 15) is 4.79 Å². The van der Waals surface area contributed by atoms with Crippen molar-refractivity contribution in [1.82, 2.24) is 15.5 Å². The van der Waals surface area contributed by atoms with Crippen molar-refractivity contribution in [2.75, 3.05) is 5.32 Å². The van der Waals surface area contributed by atoms with Crippen molar-refractivity contribution in [1.29, 1.82) is 0 Å². The van der Waals surface area contributed by atoms with Gasteiger partial charge in [0.1, 0.15) is 0 Å². The van der Waals surface area contributed by atoms with Crippen molar-refractivity contribution in [3.63, 3.8) is 0 Å². The molecule has 1 saturated carbocycles. The van der Waals surface area contributed by atoms with E-state index in [2.05, 4.69) is 20.8 Å². The van der Waals surface area contributed by atoms with E-state index < -0.39 is 0 Å². The van der Waals surface area contributed by atoms with Crippen LogP contribution in [0.15, 0.2) is 48.7 Å². The molecule has 0 bridgehead atoms. The van der Waals surface area contributed by atoms with Crippen LogP contribution in [-0.2, 0) is 5.54 Å². The third kappa shape index (κ3) is 2.71. The van der Waals surface area contributed by atoms with Gasteiger partial charge in [0.15, 0.2) is 0 Å². The second-order valence-electron chi connectivity index (χ2n) is 6.19. The van der Waals surface area contributed by atoms with Gasteiger partial charge in [-0.05, 0) is 55.2 Å². The Hall–Kier alpha value is -2.53. The van der Waals surface area contributed by atoms with E-state index >= 15 is 0 Å². The fraction of sp³-hybridized carbons (Fsp3) is 0.222. The number of aromatic amines is 1. The topological polar surface area (TPSA) is 69.8 Å². The van der Waals surface area contributed by atoms with E-state index in [0.717, 1.165) is 41.4 Å². The second-order valence-corrected chi connectivity index (χ2v) is 6.63. The van der Waals surface area contributed by atoms with Crippen molar-refractivity contribution in [2.24, 2.45) is 0 Å². The van der Waals surface area contributed by atoms with Crippen LogP contribution in [0.3, 0.4) is 0 Å². The minimum Gasteiger partial charge on any atom is -0.328 e. The maximum atomic E-state index is 12.5. The maximum absolute atomic E-state index is 12.5. The summed E-state index contributed by atoms with van der Waals surface area (Å²) in [5, 5.41) is 14.6. The Labute approximate surface area is 144 Å². The molecule has 6 heteroatoms. The predicted octanol–water partition coefficient (Wildman–Crippen LogP) is 4.42. The lowest BCUT2D eigenvalue weighted by molar-refractivity contribution is 0.185. The molecule has 0 atom stereocenters. The van der Waals surface area contributed by atoms with Crippen LogP contribution in [0.1, 0.15) is 24.8 Å². The maximum Gasteiger partial charge on any atom is 0.319 e. The van der Waals surface area contributed by atoms with Crippen molar-refractivity contribution in [2.45, 2.75) is 24.8 Å². The molecule has 4 rings (SSSR count). The van der Waals surface area contributed by atoms with Gasteiger partial charge in [-0.3, -0.25) is 5.10 Å². The lowest BCUT2D eigenvalue weighted by atomic mass is 9.72. The highest BCUT2D eigenvalue weighted by Crippen LogP contribution is 2.41. The third-order valence-electron chi connectivity index (χ3n) is 4.65. The monoisotopic (exact) mass is 340 g/mol. The number of nitrogens with one attached hydrogen (secondary N) is 3. The normalized spacial score (nSPS) is 15.7. The van der Waals surface area contributed by atoms with Gasteiger partial charge in [-0.1, -0.05) is 23.7 Å². The van der Waals surface area contributed by atoms with Gasteiger partial charge in [0.2, 0.25) is 0 Å². The zero-order valence-corrected chi connectivity index (χ0v) is 13.7. The molecule has 0 aliphatic heterocycles. The SMILES string of the molecule is O=C(Nc1ccc2[nH]ncc2c1)NC1(c2ccc(Cl)cc2)CCC1. The number of urea groups is 1. The summed E-state index contributed by atoms with van der Waals surface area (Å²) in [4.78, 5) is 12.5. The van der Waals surface area contributed by atoms with Gasteiger partial charge in [0.25, 0.3) is 0 Å². The molecule has 1 fully saturated rings. The van der Waals surface area contributed by atoms with Gasteiger partial charge in [-0.2, -0.15) is 5.10 Å². The molecular weight excluding hydrogens is 324 g/mol. The Morgan fingerprint density at radius 2 is 1.96 bits per heavy atom. The van der Waals surface area contributed by atoms with Crippen LogP contribution in [0, 0.1) is 0 Å². The lowest BCUT2D eigenvalue weighted by Crippen LogP contribution is -2.52. The van der Waals surface area contributed by atoms with Crippen molar-refractivity contribution >= 4 is 34.2 Å². The molecule has 1 aliphatic rings. The number of rotatable bonds is 3. The number of carbonyl (C=O) groups is 1. The molecule has 122 valence electrons. The fourth-order valence-corrected chi connectivity index (χ4v) is 3.31. The van der Waals surface area contributed by atoms with Gasteiger partial charge >= 0.3 is 6.03 Å². The summed E-state index contributed by atoms with van der Waals surface area (Å²) in [5.74, 6) is 0. The van der Waals surface area contributed by atoms with Crippen LogP contribution in [0.2, 0.25) is 5.02 Å². The first kappa shape index (κ1) is 15.0. The number of fused-ring (bicyclic) bond motifs is 1.